The molecule has 178 valence electrons. The zero-order chi connectivity index (χ0) is 23.8. The second kappa shape index (κ2) is 11.9. The number of hydrogen-bond donors (Lipinski definition) is 1. The normalized spacial score (nSPS) is 15.2. The lowest BCUT2D eigenvalue weighted by Crippen LogP contribution is -2.14. The van der Waals surface area contributed by atoms with Crippen LogP contribution in [0.5, 0.6) is 11.5 Å². The minimum atomic E-state index is -0.402. The predicted molar refractivity (Wildman–Crippen MR) is 133 cm³/mol. The summed E-state index contributed by atoms with van der Waals surface area (Å²) in [4.78, 5) is 26.2. The van der Waals surface area contributed by atoms with E-state index in [1.165, 1.54) is 24.5 Å². The van der Waals surface area contributed by atoms with Crippen molar-refractivity contribution in [2.24, 2.45) is 5.92 Å². The van der Waals surface area contributed by atoms with Crippen LogP contribution in [-0.4, -0.2) is 32.7 Å². The van der Waals surface area contributed by atoms with Crippen molar-refractivity contribution >= 4 is 34.3 Å². The highest BCUT2D eigenvalue weighted by molar-refractivity contribution is 7.17. The number of carbonyl (C=O) groups excluding carboxylic acids is 2. The average Bonchev–Trinajstić information content (AvgIpc) is 3.16. The van der Waals surface area contributed by atoms with Crippen molar-refractivity contribution in [2.45, 2.75) is 52.4 Å². The van der Waals surface area contributed by atoms with Gasteiger partial charge in [-0.05, 0) is 60.9 Å². The number of anilines is 1. The highest BCUT2D eigenvalue weighted by atomic mass is 32.1. The standard InChI is InChI=1S/C26H33NO5S/c1-5-6-7-14-32-20-12-9-18(16-21(20)30-3)10-13-23(28)27-25-24(26(29)31-4)19-11-8-17(2)15-22(19)33-25/h9-10,12-13,16-17H,5-8,11,14-15H2,1-4H3,(H,27,28)/b13-10+/t17-/m1/s1. The molecule has 1 aliphatic carbocycles. The SMILES string of the molecule is CCCCCOc1ccc(/C=C/C(=O)Nc2sc3c(c2C(=O)OC)CC[C@@H](C)C3)cc1OC. The Balaban J connectivity index is 1.71. The molecule has 1 amide bonds. The molecule has 6 nitrogen and oxygen atoms in total. The van der Waals surface area contributed by atoms with E-state index >= 15 is 0 Å². The van der Waals surface area contributed by atoms with Crippen LogP contribution in [0, 0.1) is 5.92 Å². The molecule has 1 heterocycles. The smallest absolute Gasteiger partial charge is 0.341 e. The Morgan fingerprint density at radius 1 is 1.21 bits per heavy atom. The molecule has 0 fully saturated rings. The first-order valence-electron chi connectivity index (χ1n) is 11.5. The molecule has 1 N–H and O–H groups in total. The Morgan fingerprint density at radius 3 is 2.76 bits per heavy atom. The molecule has 0 saturated carbocycles. The number of benzene rings is 1. The van der Waals surface area contributed by atoms with E-state index < -0.39 is 5.97 Å². The van der Waals surface area contributed by atoms with Crippen LogP contribution < -0.4 is 14.8 Å². The first-order valence-corrected chi connectivity index (χ1v) is 12.3. The number of methoxy groups -OCH3 is 2. The molecule has 1 aliphatic rings. The predicted octanol–water partition coefficient (Wildman–Crippen LogP) is 5.89. The van der Waals surface area contributed by atoms with E-state index in [0.717, 1.165) is 54.5 Å². The van der Waals surface area contributed by atoms with Crippen LogP contribution in [0.3, 0.4) is 0 Å². The van der Waals surface area contributed by atoms with Crippen molar-refractivity contribution in [2.75, 3.05) is 26.1 Å². The van der Waals surface area contributed by atoms with Crippen molar-refractivity contribution in [3.63, 3.8) is 0 Å². The van der Waals surface area contributed by atoms with E-state index in [-0.39, 0.29) is 5.91 Å². The molecule has 0 bridgehead atoms. The summed E-state index contributed by atoms with van der Waals surface area (Å²) in [6.45, 7) is 5.01. The third kappa shape index (κ3) is 6.38. The van der Waals surface area contributed by atoms with Gasteiger partial charge in [0.1, 0.15) is 5.00 Å². The third-order valence-corrected chi connectivity index (χ3v) is 6.93. The van der Waals surface area contributed by atoms with Crippen molar-refractivity contribution in [1.29, 1.82) is 0 Å². The number of fused-ring (bicyclic) bond motifs is 1. The van der Waals surface area contributed by atoms with Crippen LogP contribution in [-0.2, 0) is 22.4 Å². The minimum Gasteiger partial charge on any atom is -0.493 e. The molecule has 7 heteroatoms. The molecule has 1 aromatic carbocycles. The number of thiophene rings is 1. The van der Waals surface area contributed by atoms with Gasteiger partial charge >= 0.3 is 5.97 Å². The molecule has 1 atom stereocenters. The lowest BCUT2D eigenvalue weighted by molar-refractivity contribution is -0.111. The highest BCUT2D eigenvalue weighted by Gasteiger charge is 2.28. The van der Waals surface area contributed by atoms with Crippen molar-refractivity contribution in [1.82, 2.24) is 0 Å². The largest absolute Gasteiger partial charge is 0.493 e. The fourth-order valence-corrected chi connectivity index (χ4v) is 5.33. The molecular formula is C26H33NO5S. The van der Waals surface area contributed by atoms with Gasteiger partial charge in [0.25, 0.3) is 0 Å². The zero-order valence-electron chi connectivity index (χ0n) is 19.9. The number of nitrogens with one attached hydrogen (secondary N) is 1. The van der Waals surface area contributed by atoms with Gasteiger partial charge in [0.2, 0.25) is 5.91 Å². The summed E-state index contributed by atoms with van der Waals surface area (Å²) in [7, 11) is 2.97. The molecule has 0 saturated heterocycles. The molecule has 1 aromatic heterocycles. The molecule has 0 unspecified atom stereocenters. The maximum atomic E-state index is 12.7. The monoisotopic (exact) mass is 471 g/mol. The highest BCUT2D eigenvalue weighted by Crippen LogP contribution is 2.40. The Kier molecular flexibility index (Phi) is 8.95. The third-order valence-electron chi connectivity index (χ3n) is 5.76. The summed E-state index contributed by atoms with van der Waals surface area (Å²) in [6, 6.07) is 5.57. The van der Waals surface area contributed by atoms with Crippen LogP contribution in [0.1, 0.15) is 65.9 Å². The van der Waals surface area contributed by atoms with Crippen LogP contribution >= 0.6 is 11.3 Å². The Labute approximate surface area is 199 Å². The Bertz CT molecular complexity index is 1010. The molecule has 3 rings (SSSR count). The second-order valence-electron chi connectivity index (χ2n) is 8.34. The van der Waals surface area contributed by atoms with Gasteiger partial charge in [0.05, 0.1) is 26.4 Å². The van der Waals surface area contributed by atoms with Crippen LogP contribution in [0.15, 0.2) is 24.3 Å². The van der Waals surface area contributed by atoms with Crippen LogP contribution in [0.25, 0.3) is 6.08 Å². The van der Waals surface area contributed by atoms with E-state index in [9.17, 15) is 9.59 Å². The van der Waals surface area contributed by atoms with E-state index in [1.807, 2.05) is 18.2 Å². The summed E-state index contributed by atoms with van der Waals surface area (Å²) in [5.41, 5.74) is 2.33. The van der Waals surface area contributed by atoms with Crippen molar-refractivity contribution in [3.05, 3.63) is 45.8 Å². The molecule has 2 aromatic rings. The summed E-state index contributed by atoms with van der Waals surface area (Å²) < 4.78 is 16.2. The molecule has 0 radical (unpaired) electrons. The van der Waals surface area contributed by atoms with Crippen LogP contribution in [0.4, 0.5) is 5.00 Å². The lowest BCUT2D eigenvalue weighted by atomic mass is 9.88. The molecular weight excluding hydrogens is 438 g/mol. The van der Waals surface area contributed by atoms with E-state index in [2.05, 4.69) is 19.2 Å². The van der Waals surface area contributed by atoms with Gasteiger partial charge in [0.15, 0.2) is 11.5 Å². The van der Waals surface area contributed by atoms with Gasteiger partial charge in [-0.25, -0.2) is 4.79 Å². The zero-order valence-corrected chi connectivity index (χ0v) is 20.7. The van der Waals surface area contributed by atoms with Gasteiger partial charge in [0, 0.05) is 11.0 Å². The summed E-state index contributed by atoms with van der Waals surface area (Å²) in [5, 5.41) is 3.44. The van der Waals surface area contributed by atoms with Crippen molar-refractivity contribution < 1.29 is 23.8 Å². The number of ether oxygens (including phenoxy) is 3. The van der Waals surface area contributed by atoms with Gasteiger partial charge in [-0.1, -0.05) is 32.8 Å². The quantitative estimate of drug-likeness (QED) is 0.266. The first kappa shape index (κ1) is 24.8. The number of amides is 1. The molecule has 0 aliphatic heterocycles. The van der Waals surface area contributed by atoms with Gasteiger partial charge in [-0.15, -0.1) is 11.3 Å². The summed E-state index contributed by atoms with van der Waals surface area (Å²) in [6.07, 6.45) is 9.22. The molecule has 0 spiro atoms. The maximum absolute atomic E-state index is 12.7. The summed E-state index contributed by atoms with van der Waals surface area (Å²) in [5.74, 6) is 1.18. The first-order chi connectivity index (χ1) is 16.0. The van der Waals surface area contributed by atoms with Gasteiger partial charge in [-0.3, -0.25) is 4.79 Å². The Morgan fingerprint density at radius 2 is 2.03 bits per heavy atom. The minimum absolute atomic E-state index is 0.300. The topological polar surface area (TPSA) is 73.9 Å². The number of unbranched alkanes of at least 4 members (excludes halogenated alkanes) is 2. The van der Waals surface area contributed by atoms with E-state index in [1.54, 1.807) is 13.2 Å². The number of esters is 1. The number of hydrogen-bond acceptors (Lipinski definition) is 6. The fraction of sp³-hybridized carbons (Fsp3) is 0.462. The second-order valence-corrected chi connectivity index (χ2v) is 9.44. The van der Waals surface area contributed by atoms with E-state index in [4.69, 9.17) is 14.2 Å². The number of rotatable bonds is 10. The van der Waals surface area contributed by atoms with E-state index in [0.29, 0.717) is 34.6 Å². The number of carbonyl (C=O) groups is 2. The average molecular weight is 472 g/mol. The maximum Gasteiger partial charge on any atom is 0.341 e. The molecule has 33 heavy (non-hydrogen) atoms. The summed E-state index contributed by atoms with van der Waals surface area (Å²) >= 11 is 1.48. The van der Waals surface area contributed by atoms with Gasteiger partial charge < -0.3 is 19.5 Å². The van der Waals surface area contributed by atoms with Crippen LogP contribution in [0.2, 0.25) is 0 Å². The Hall–Kier alpha value is -2.80. The lowest BCUT2D eigenvalue weighted by Gasteiger charge is -2.18. The van der Waals surface area contributed by atoms with Crippen molar-refractivity contribution in [3.8, 4) is 11.5 Å². The fourth-order valence-electron chi connectivity index (χ4n) is 3.92. The van der Waals surface area contributed by atoms with Gasteiger partial charge in [-0.2, -0.15) is 0 Å².